The van der Waals surface area contributed by atoms with Crippen LogP contribution < -0.4 is 10.1 Å². The monoisotopic (exact) mass is 366 g/mol. The van der Waals surface area contributed by atoms with Crippen LogP contribution in [0, 0.1) is 13.8 Å². The van der Waals surface area contributed by atoms with Crippen LogP contribution in [0.2, 0.25) is 0 Å². The van der Waals surface area contributed by atoms with E-state index in [1.54, 1.807) is 11.3 Å². The maximum Gasteiger partial charge on any atom is 0.257 e. The van der Waals surface area contributed by atoms with Crippen LogP contribution in [0.4, 0.5) is 0 Å². The fourth-order valence-corrected chi connectivity index (χ4v) is 3.33. The summed E-state index contributed by atoms with van der Waals surface area (Å²) in [7, 11) is 0. The van der Waals surface area contributed by atoms with Crippen molar-refractivity contribution in [3.63, 3.8) is 0 Å². The van der Waals surface area contributed by atoms with Gasteiger partial charge in [0.2, 0.25) is 0 Å². The van der Waals surface area contributed by atoms with Crippen LogP contribution >= 0.6 is 11.3 Å². The minimum atomic E-state index is -0.123. The zero-order valence-electron chi connectivity index (χ0n) is 15.0. The molecule has 134 valence electrons. The van der Waals surface area contributed by atoms with E-state index in [2.05, 4.69) is 22.4 Å². The summed E-state index contributed by atoms with van der Waals surface area (Å²) in [4.78, 5) is 16.6. The molecule has 3 rings (SSSR count). The van der Waals surface area contributed by atoms with Gasteiger partial charge in [0, 0.05) is 23.9 Å². The van der Waals surface area contributed by atoms with Gasteiger partial charge in [-0.2, -0.15) is 0 Å². The predicted octanol–water partition coefficient (Wildman–Crippen LogP) is 4.16. The molecule has 0 fully saturated rings. The maximum absolute atomic E-state index is 11.9. The highest BCUT2D eigenvalue weighted by atomic mass is 32.1. The van der Waals surface area contributed by atoms with E-state index < -0.39 is 0 Å². The normalized spacial score (nSPS) is 10.5. The molecule has 4 nitrogen and oxygen atoms in total. The second-order valence-corrected chi connectivity index (χ2v) is 7.00. The van der Waals surface area contributed by atoms with Gasteiger partial charge in [-0.15, -0.1) is 11.3 Å². The quantitative estimate of drug-likeness (QED) is 0.683. The van der Waals surface area contributed by atoms with Crippen LogP contribution in [0.3, 0.4) is 0 Å². The molecule has 0 unspecified atom stereocenters. The van der Waals surface area contributed by atoms with E-state index in [0.717, 1.165) is 27.6 Å². The Hall–Kier alpha value is -2.66. The van der Waals surface area contributed by atoms with Crippen LogP contribution in [0.15, 0.2) is 53.9 Å². The summed E-state index contributed by atoms with van der Waals surface area (Å²) in [5.41, 5.74) is 4.47. The number of benzene rings is 2. The topological polar surface area (TPSA) is 51.2 Å². The second-order valence-electron chi connectivity index (χ2n) is 6.14. The van der Waals surface area contributed by atoms with Crippen LogP contribution in [0.5, 0.6) is 5.75 Å². The van der Waals surface area contributed by atoms with Crippen molar-refractivity contribution in [2.24, 2.45) is 0 Å². The van der Waals surface area contributed by atoms with Crippen molar-refractivity contribution < 1.29 is 9.53 Å². The SMILES string of the molecule is Cc1ccc(OCC(=O)NCCc2csc(-c3ccccc3)n2)cc1C. The smallest absolute Gasteiger partial charge is 0.257 e. The van der Waals surface area contributed by atoms with E-state index in [9.17, 15) is 4.79 Å². The number of nitrogens with zero attached hydrogens (tertiary/aromatic N) is 1. The van der Waals surface area contributed by atoms with E-state index in [1.807, 2.05) is 55.6 Å². The summed E-state index contributed by atoms with van der Waals surface area (Å²) in [6, 6.07) is 15.9. The number of ether oxygens (including phenoxy) is 1. The van der Waals surface area contributed by atoms with Crippen LogP contribution in [0.1, 0.15) is 16.8 Å². The van der Waals surface area contributed by atoms with Crippen LogP contribution in [0.25, 0.3) is 10.6 Å². The highest BCUT2D eigenvalue weighted by molar-refractivity contribution is 7.13. The van der Waals surface area contributed by atoms with E-state index >= 15 is 0 Å². The average Bonchev–Trinajstić information content (AvgIpc) is 3.12. The van der Waals surface area contributed by atoms with Gasteiger partial charge in [0.15, 0.2) is 6.61 Å². The third kappa shape index (κ3) is 4.92. The van der Waals surface area contributed by atoms with Crippen molar-refractivity contribution in [3.8, 4) is 16.3 Å². The minimum absolute atomic E-state index is 0.0227. The van der Waals surface area contributed by atoms with Gasteiger partial charge in [0.05, 0.1) is 5.69 Å². The summed E-state index contributed by atoms with van der Waals surface area (Å²) in [6.07, 6.45) is 0.707. The molecule has 0 aliphatic carbocycles. The molecular weight excluding hydrogens is 344 g/mol. The van der Waals surface area contributed by atoms with E-state index in [1.165, 1.54) is 5.56 Å². The molecule has 0 saturated heterocycles. The lowest BCUT2D eigenvalue weighted by atomic mass is 10.1. The fourth-order valence-electron chi connectivity index (χ4n) is 2.47. The molecule has 5 heteroatoms. The summed E-state index contributed by atoms with van der Waals surface area (Å²) in [5, 5.41) is 5.92. The standard InChI is InChI=1S/C21H22N2O2S/c1-15-8-9-19(12-16(15)2)25-13-20(24)22-11-10-18-14-26-21(23-18)17-6-4-3-5-7-17/h3-9,12,14H,10-11,13H2,1-2H3,(H,22,24). The summed E-state index contributed by atoms with van der Waals surface area (Å²) in [5.74, 6) is 0.594. The Kier molecular flexibility index (Phi) is 6.02. The minimum Gasteiger partial charge on any atom is -0.484 e. The van der Waals surface area contributed by atoms with Gasteiger partial charge in [-0.05, 0) is 37.1 Å². The number of hydrogen-bond acceptors (Lipinski definition) is 4. The number of amides is 1. The zero-order chi connectivity index (χ0) is 18.4. The number of aromatic nitrogens is 1. The predicted molar refractivity (Wildman–Crippen MR) is 106 cm³/mol. The van der Waals surface area contributed by atoms with Crippen molar-refractivity contribution in [1.29, 1.82) is 0 Å². The Bertz CT molecular complexity index is 875. The third-order valence-electron chi connectivity index (χ3n) is 4.12. The van der Waals surface area contributed by atoms with Gasteiger partial charge < -0.3 is 10.1 Å². The van der Waals surface area contributed by atoms with E-state index in [0.29, 0.717) is 13.0 Å². The molecule has 0 radical (unpaired) electrons. The molecule has 0 spiro atoms. The molecule has 2 aromatic carbocycles. The first-order valence-electron chi connectivity index (χ1n) is 8.58. The molecule has 1 N–H and O–H groups in total. The summed E-state index contributed by atoms with van der Waals surface area (Å²) >= 11 is 1.62. The Balaban J connectivity index is 1.42. The average molecular weight is 366 g/mol. The second kappa shape index (κ2) is 8.63. The molecule has 0 bridgehead atoms. The zero-order valence-corrected chi connectivity index (χ0v) is 15.8. The van der Waals surface area contributed by atoms with Crippen molar-refractivity contribution in [3.05, 3.63) is 70.7 Å². The first kappa shape index (κ1) is 18.1. The highest BCUT2D eigenvalue weighted by Gasteiger charge is 2.06. The number of nitrogens with one attached hydrogen (secondary N) is 1. The fraction of sp³-hybridized carbons (Fsp3) is 0.238. The van der Waals surface area contributed by atoms with Gasteiger partial charge in [0.25, 0.3) is 5.91 Å². The van der Waals surface area contributed by atoms with Crippen molar-refractivity contribution in [2.45, 2.75) is 20.3 Å². The van der Waals surface area contributed by atoms with Gasteiger partial charge >= 0.3 is 0 Å². The Morgan fingerprint density at radius 3 is 2.69 bits per heavy atom. The molecule has 1 aromatic heterocycles. The van der Waals surface area contributed by atoms with Gasteiger partial charge in [-0.25, -0.2) is 4.98 Å². The number of rotatable bonds is 7. The number of thiazole rings is 1. The van der Waals surface area contributed by atoms with Crippen molar-refractivity contribution >= 4 is 17.2 Å². The first-order valence-corrected chi connectivity index (χ1v) is 9.46. The van der Waals surface area contributed by atoms with Gasteiger partial charge in [-0.3, -0.25) is 4.79 Å². The number of hydrogen-bond donors (Lipinski definition) is 1. The molecule has 0 aliphatic heterocycles. The third-order valence-corrected chi connectivity index (χ3v) is 5.06. The molecule has 3 aromatic rings. The Morgan fingerprint density at radius 2 is 1.92 bits per heavy atom. The lowest BCUT2D eigenvalue weighted by Gasteiger charge is -2.08. The molecule has 26 heavy (non-hydrogen) atoms. The number of carbonyl (C=O) groups is 1. The number of aryl methyl sites for hydroxylation is 2. The maximum atomic E-state index is 11.9. The molecule has 0 aliphatic rings. The largest absolute Gasteiger partial charge is 0.484 e. The van der Waals surface area contributed by atoms with Crippen LogP contribution in [-0.4, -0.2) is 24.0 Å². The van der Waals surface area contributed by atoms with E-state index in [-0.39, 0.29) is 12.5 Å². The summed E-state index contributed by atoms with van der Waals surface area (Å²) in [6.45, 7) is 4.65. The van der Waals surface area contributed by atoms with Gasteiger partial charge in [0.1, 0.15) is 10.8 Å². The highest BCUT2D eigenvalue weighted by Crippen LogP contribution is 2.23. The lowest BCUT2D eigenvalue weighted by molar-refractivity contribution is -0.123. The van der Waals surface area contributed by atoms with Crippen molar-refractivity contribution in [1.82, 2.24) is 10.3 Å². The Morgan fingerprint density at radius 1 is 1.12 bits per heavy atom. The van der Waals surface area contributed by atoms with Gasteiger partial charge in [-0.1, -0.05) is 36.4 Å². The molecule has 0 saturated carbocycles. The van der Waals surface area contributed by atoms with Crippen molar-refractivity contribution in [2.75, 3.05) is 13.2 Å². The molecule has 1 amide bonds. The molecule has 0 atom stereocenters. The Labute approximate surface area is 157 Å². The van der Waals surface area contributed by atoms with E-state index in [4.69, 9.17) is 4.74 Å². The summed E-state index contributed by atoms with van der Waals surface area (Å²) < 4.78 is 5.54. The lowest BCUT2D eigenvalue weighted by Crippen LogP contribution is -2.30. The first-order chi connectivity index (χ1) is 12.6. The molecular formula is C21H22N2O2S. The molecule has 1 heterocycles. The number of carbonyl (C=O) groups excluding carboxylic acids is 1. The van der Waals surface area contributed by atoms with Crippen LogP contribution in [-0.2, 0) is 11.2 Å².